The summed E-state index contributed by atoms with van der Waals surface area (Å²) in [6, 6.07) is 0.550. The van der Waals surface area contributed by atoms with E-state index in [0.717, 1.165) is 68.5 Å². The Morgan fingerprint density at radius 1 is 1.33 bits per heavy atom. The Hall–Kier alpha value is -0.760. The monoisotopic (exact) mass is 374 g/mol. The van der Waals surface area contributed by atoms with Crippen molar-refractivity contribution in [3.63, 3.8) is 0 Å². The SMILES string of the molecule is Cc1noc(C)c1CSCC(=O)N1CCC(N2CCNCC2)C1.Cl. The zero-order valence-electron chi connectivity index (χ0n) is 14.4. The predicted octanol–water partition coefficient (Wildman–Crippen LogP) is 1.45. The number of aryl methyl sites for hydroxylation is 2. The van der Waals surface area contributed by atoms with Crippen molar-refractivity contribution in [1.82, 2.24) is 20.3 Å². The minimum absolute atomic E-state index is 0. The lowest BCUT2D eigenvalue weighted by Crippen LogP contribution is -2.49. The molecule has 1 N–H and O–H groups in total. The summed E-state index contributed by atoms with van der Waals surface area (Å²) in [7, 11) is 0. The Kier molecular flexibility index (Phi) is 7.40. The lowest BCUT2D eigenvalue weighted by Gasteiger charge is -2.32. The quantitative estimate of drug-likeness (QED) is 0.841. The second-order valence-corrected chi connectivity index (χ2v) is 7.35. The van der Waals surface area contributed by atoms with Crippen LogP contribution < -0.4 is 5.32 Å². The van der Waals surface area contributed by atoms with Gasteiger partial charge in [-0.15, -0.1) is 24.2 Å². The summed E-state index contributed by atoms with van der Waals surface area (Å²) >= 11 is 1.66. The van der Waals surface area contributed by atoms with Gasteiger partial charge in [0, 0.05) is 56.6 Å². The fourth-order valence-corrected chi connectivity index (χ4v) is 4.43. The van der Waals surface area contributed by atoms with Gasteiger partial charge in [0.2, 0.25) is 5.91 Å². The topological polar surface area (TPSA) is 61.6 Å². The fourth-order valence-electron chi connectivity index (χ4n) is 3.35. The lowest BCUT2D eigenvalue weighted by atomic mass is 10.2. The number of carbonyl (C=O) groups is 1. The summed E-state index contributed by atoms with van der Waals surface area (Å²) in [6.45, 7) is 10.0. The summed E-state index contributed by atoms with van der Waals surface area (Å²) in [5, 5.41) is 7.34. The van der Waals surface area contributed by atoms with Crippen LogP contribution in [-0.2, 0) is 10.5 Å². The zero-order valence-corrected chi connectivity index (χ0v) is 16.0. The number of halogens is 1. The Morgan fingerprint density at radius 2 is 2.08 bits per heavy atom. The standard InChI is InChI=1S/C16H26N4O2S.ClH/c1-12-15(13(2)22-18-12)10-23-11-16(21)20-6-3-14(9-20)19-7-4-17-5-8-19;/h14,17H,3-11H2,1-2H3;1H. The van der Waals surface area contributed by atoms with Crippen molar-refractivity contribution in [2.24, 2.45) is 0 Å². The van der Waals surface area contributed by atoms with Gasteiger partial charge in [0.1, 0.15) is 5.76 Å². The molecule has 8 heteroatoms. The molecule has 6 nitrogen and oxygen atoms in total. The zero-order chi connectivity index (χ0) is 16.2. The van der Waals surface area contributed by atoms with E-state index in [1.165, 1.54) is 0 Å². The summed E-state index contributed by atoms with van der Waals surface area (Å²) < 4.78 is 5.16. The van der Waals surface area contributed by atoms with Crippen LogP contribution in [0.15, 0.2) is 4.52 Å². The number of hydrogen-bond donors (Lipinski definition) is 1. The number of hydrogen-bond acceptors (Lipinski definition) is 6. The van der Waals surface area contributed by atoms with Gasteiger partial charge in [0.25, 0.3) is 0 Å². The molecule has 24 heavy (non-hydrogen) atoms. The van der Waals surface area contributed by atoms with Crippen molar-refractivity contribution in [2.45, 2.75) is 32.1 Å². The highest BCUT2D eigenvalue weighted by Crippen LogP contribution is 2.21. The molecule has 2 aliphatic rings. The molecule has 1 atom stereocenters. The number of nitrogens with one attached hydrogen (secondary N) is 1. The third kappa shape index (κ3) is 4.65. The average molecular weight is 375 g/mol. The van der Waals surface area contributed by atoms with Crippen LogP contribution in [0.3, 0.4) is 0 Å². The molecule has 0 bridgehead atoms. The van der Waals surface area contributed by atoms with Gasteiger partial charge >= 0.3 is 0 Å². The molecule has 136 valence electrons. The number of nitrogens with zero attached hydrogens (tertiary/aromatic N) is 3. The maximum Gasteiger partial charge on any atom is 0.232 e. The molecule has 2 saturated heterocycles. The van der Waals surface area contributed by atoms with Gasteiger partial charge in [-0.2, -0.15) is 0 Å². The smallest absolute Gasteiger partial charge is 0.232 e. The van der Waals surface area contributed by atoms with Crippen molar-refractivity contribution in [1.29, 1.82) is 0 Å². The number of likely N-dealkylation sites (tertiary alicyclic amines) is 1. The molecule has 2 fully saturated rings. The van der Waals surface area contributed by atoms with Crippen LogP contribution in [0.5, 0.6) is 0 Å². The first-order valence-electron chi connectivity index (χ1n) is 8.37. The number of rotatable bonds is 5. The first kappa shape index (κ1) is 19.6. The third-order valence-corrected chi connectivity index (χ3v) is 5.78. The molecule has 0 saturated carbocycles. The molecule has 1 aromatic rings. The van der Waals surface area contributed by atoms with Crippen molar-refractivity contribution < 1.29 is 9.32 Å². The van der Waals surface area contributed by atoms with Gasteiger partial charge in [-0.1, -0.05) is 5.16 Å². The molecule has 1 unspecified atom stereocenters. The van der Waals surface area contributed by atoms with E-state index < -0.39 is 0 Å². The normalized spacial score (nSPS) is 21.8. The minimum Gasteiger partial charge on any atom is -0.361 e. The average Bonchev–Trinajstić information content (AvgIpc) is 3.18. The van der Waals surface area contributed by atoms with Crippen molar-refractivity contribution in [2.75, 3.05) is 45.0 Å². The maximum absolute atomic E-state index is 12.4. The highest BCUT2D eigenvalue weighted by molar-refractivity contribution is 7.99. The number of piperazine rings is 1. The summed E-state index contributed by atoms with van der Waals surface area (Å²) in [4.78, 5) is 17.0. The molecule has 0 aromatic carbocycles. The van der Waals surface area contributed by atoms with Crippen LogP contribution in [0.2, 0.25) is 0 Å². The second-order valence-electron chi connectivity index (χ2n) is 6.36. The first-order chi connectivity index (χ1) is 11.1. The highest BCUT2D eigenvalue weighted by atomic mass is 35.5. The molecule has 1 amide bonds. The van der Waals surface area contributed by atoms with E-state index in [0.29, 0.717) is 11.8 Å². The van der Waals surface area contributed by atoms with Gasteiger partial charge in [-0.3, -0.25) is 9.69 Å². The van der Waals surface area contributed by atoms with Gasteiger partial charge in [-0.05, 0) is 20.3 Å². The van der Waals surface area contributed by atoms with Gasteiger partial charge in [0.15, 0.2) is 0 Å². The van der Waals surface area contributed by atoms with Crippen molar-refractivity contribution in [3.8, 4) is 0 Å². The Bertz CT molecular complexity index is 529. The fraction of sp³-hybridized carbons (Fsp3) is 0.750. The molecule has 0 aliphatic carbocycles. The van der Waals surface area contributed by atoms with Gasteiger partial charge in [-0.25, -0.2) is 0 Å². The molecule has 3 heterocycles. The number of amides is 1. The van der Waals surface area contributed by atoms with E-state index in [4.69, 9.17) is 4.52 Å². The molecule has 0 spiro atoms. The van der Waals surface area contributed by atoms with Gasteiger partial charge < -0.3 is 14.7 Å². The minimum atomic E-state index is 0. The van der Waals surface area contributed by atoms with Crippen LogP contribution in [0, 0.1) is 13.8 Å². The molecule has 2 aliphatic heterocycles. The summed E-state index contributed by atoms with van der Waals surface area (Å²) in [5.41, 5.74) is 2.06. The third-order valence-electron chi connectivity index (χ3n) is 4.84. The van der Waals surface area contributed by atoms with E-state index in [9.17, 15) is 4.79 Å². The Labute approximate surface area is 154 Å². The van der Waals surface area contributed by atoms with E-state index in [1.54, 1.807) is 11.8 Å². The Morgan fingerprint density at radius 3 is 2.75 bits per heavy atom. The van der Waals surface area contributed by atoms with Crippen LogP contribution in [0.4, 0.5) is 0 Å². The van der Waals surface area contributed by atoms with E-state index in [1.807, 2.05) is 18.7 Å². The molecular formula is C16H27ClN4O2S. The van der Waals surface area contributed by atoms with Crippen LogP contribution in [-0.4, -0.2) is 71.9 Å². The van der Waals surface area contributed by atoms with Crippen LogP contribution in [0.25, 0.3) is 0 Å². The van der Waals surface area contributed by atoms with Crippen molar-refractivity contribution >= 4 is 30.1 Å². The molecule has 1 aromatic heterocycles. The van der Waals surface area contributed by atoms with Gasteiger partial charge in [0.05, 0.1) is 11.4 Å². The second kappa shape index (κ2) is 9.08. The summed E-state index contributed by atoms with van der Waals surface area (Å²) in [6.07, 6.45) is 1.11. The number of aromatic nitrogens is 1. The van der Waals surface area contributed by atoms with Crippen LogP contribution in [0.1, 0.15) is 23.4 Å². The largest absolute Gasteiger partial charge is 0.361 e. The van der Waals surface area contributed by atoms with Crippen molar-refractivity contribution in [3.05, 3.63) is 17.0 Å². The van der Waals surface area contributed by atoms with Crippen LogP contribution >= 0.6 is 24.2 Å². The first-order valence-corrected chi connectivity index (χ1v) is 9.52. The number of carbonyl (C=O) groups excluding carboxylic acids is 1. The molecular weight excluding hydrogens is 348 g/mol. The number of thioether (sulfide) groups is 1. The van der Waals surface area contributed by atoms with E-state index in [2.05, 4.69) is 15.4 Å². The summed E-state index contributed by atoms with van der Waals surface area (Å²) in [5.74, 6) is 2.46. The molecule has 3 rings (SSSR count). The maximum atomic E-state index is 12.4. The highest BCUT2D eigenvalue weighted by Gasteiger charge is 2.30. The van der Waals surface area contributed by atoms with E-state index in [-0.39, 0.29) is 18.3 Å². The Balaban J connectivity index is 0.00000208. The predicted molar refractivity (Wildman–Crippen MR) is 98.8 cm³/mol. The lowest BCUT2D eigenvalue weighted by molar-refractivity contribution is -0.127. The molecule has 0 radical (unpaired) electrons. The van der Waals surface area contributed by atoms with E-state index >= 15 is 0 Å².